The minimum absolute atomic E-state index is 0.108. The van der Waals surface area contributed by atoms with Gasteiger partial charge >= 0.3 is 0 Å². The smallest absolute Gasteiger partial charge is 0.227 e. The van der Waals surface area contributed by atoms with E-state index in [-0.39, 0.29) is 10.8 Å². The highest BCUT2D eigenvalue weighted by Crippen LogP contribution is 2.36. The molecule has 0 aliphatic heterocycles. The molecule has 2 aromatic carbocycles. The van der Waals surface area contributed by atoms with Crippen molar-refractivity contribution in [3.05, 3.63) is 84.4 Å². The van der Waals surface area contributed by atoms with Crippen LogP contribution in [0.15, 0.2) is 77.3 Å². The van der Waals surface area contributed by atoms with Crippen molar-refractivity contribution in [2.45, 2.75) is 52.4 Å². The maximum absolute atomic E-state index is 6.41. The van der Waals surface area contributed by atoms with Crippen molar-refractivity contribution in [3.63, 3.8) is 0 Å². The van der Waals surface area contributed by atoms with Crippen LogP contribution < -0.4 is 0 Å². The van der Waals surface area contributed by atoms with Crippen molar-refractivity contribution in [3.8, 4) is 22.6 Å². The van der Waals surface area contributed by atoms with Gasteiger partial charge in [-0.2, -0.15) is 0 Å². The highest BCUT2D eigenvalue weighted by atomic mass is 16.3. The molecule has 0 aliphatic rings. The summed E-state index contributed by atoms with van der Waals surface area (Å²) in [6.07, 6.45) is 1.91. The molecular formula is C32H30N4O. The molecule has 6 aromatic rings. The summed E-state index contributed by atoms with van der Waals surface area (Å²) in [5.41, 5.74) is 5.51. The zero-order valence-electron chi connectivity index (χ0n) is 22.1. The highest BCUT2D eigenvalue weighted by molar-refractivity contribution is 6.09. The molecule has 4 heterocycles. The minimum atomic E-state index is -0.179. The number of nitrogens with zero attached hydrogens (tertiary/aromatic N) is 4. The topological polar surface area (TPSA) is 64.7 Å². The molecule has 0 N–H and O–H groups in total. The predicted octanol–water partition coefficient (Wildman–Crippen LogP) is 8.25. The fourth-order valence-corrected chi connectivity index (χ4v) is 4.55. The Kier molecular flexibility index (Phi) is 5.16. The number of pyridine rings is 2. The average Bonchev–Trinajstić information content (AvgIpc) is 3.25. The van der Waals surface area contributed by atoms with Crippen LogP contribution in [0.5, 0.6) is 0 Å². The lowest BCUT2D eigenvalue weighted by atomic mass is 9.89. The first-order valence-electron chi connectivity index (χ1n) is 12.7. The molecule has 37 heavy (non-hydrogen) atoms. The molecule has 0 amide bonds. The Labute approximate surface area is 216 Å². The van der Waals surface area contributed by atoms with Gasteiger partial charge in [0.15, 0.2) is 0 Å². The van der Waals surface area contributed by atoms with Crippen molar-refractivity contribution in [1.82, 2.24) is 19.9 Å². The van der Waals surface area contributed by atoms with Crippen LogP contribution in [0.3, 0.4) is 0 Å². The Morgan fingerprint density at radius 1 is 0.622 bits per heavy atom. The van der Waals surface area contributed by atoms with E-state index in [1.807, 2.05) is 30.5 Å². The summed E-state index contributed by atoms with van der Waals surface area (Å²) in [4.78, 5) is 19.5. The third-order valence-electron chi connectivity index (χ3n) is 6.70. The van der Waals surface area contributed by atoms with Crippen molar-refractivity contribution >= 4 is 32.8 Å². The van der Waals surface area contributed by atoms with Gasteiger partial charge in [-0.15, -0.1) is 0 Å². The van der Waals surface area contributed by atoms with E-state index < -0.39 is 0 Å². The van der Waals surface area contributed by atoms with E-state index in [4.69, 9.17) is 24.4 Å². The first kappa shape index (κ1) is 23.3. The number of benzene rings is 2. The third-order valence-corrected chi connectivity index (χ3v) is 6.70. The maximum Gasteiger partial charge on any atom is 0.227 e. The summed E-state index contributed by atoms with van der Waals surface area (Å²) in [6, 6.07) is 22.7. The number of fused-ring (bicyclic) bond motifs is 4. The lowest BCUT2D eigenvalue weighted by Gasteiger charge is -2.23. The second kappa shape index (κ2) is 8.20. The maximum atomic E-state index is 6.41. The SMILES string of the molecule is CC(C)(C)c1cc(-c2ccc3c(n2)oc2c(-c4cc5ccccc5cn4)cccc23)nc(C(C)(C)C)n1. The van der Waals surface area contributed by atoms with Gasteiger partial charge < -0.3 is 4.42 Å². The van der Waals surface area contributed by atoms with Crippen molar-refractivity contribution in [2.75, 3.05) is 0 Å². The van der Waals surface area contributed by atoms with Gasteiger partial charge in [0, 0.05) is 38.7 Å². The van der Waals surface area contributed by atoms with Gasteiger partial charge in [0.2, 0.25) is 5.71 Å². The second-order valence-corrected chi connectivity index (χ2v) is 11.7. The van der Waals surface area contributed by atoms with Crippen LogP contribution in [0.2, 0.25) is 0 Å². The Hall–Kier alpha value is -4.12. The van der Waals surface area contributed by atoms with Gasteiger partial charge in [-0.05, 0) is 35.7 Å². The first-order chi connectivity index (χ1) is 17.6. The first-order valence-corrected chi connectivity index (χ1v) is 12.7. The van der Waals surface area contributed by atoms with Gasteiger partial charge in [0.05, 0.1) is 22.8 Å². The van der Waals surface area contributed by atoms with Crippen LogP contribution in [0, 0.1) is 0 Å². The van der Waals surface area contributed by atoms with Gasteiger partial charge in [-0.25, -0.2) is 15.0 Å². The van der Waals surface area contributed by atoms with Crippen molar-refractivity contribution in [1.29, 1.82) is 0 Å². The van der Waals surface area contributed by atoms with Crippen molar-refractivity contribution < 1.29 is 4.42 Å². The van der Waals surface area contributed by atoms with Gasteiger partial charge in [0.1, 0.15) is 11.4 Å². The molecule has 0 unspecified atom stereocenters. The zero-order valence-corrected chi connectivity index (χ0v) is 22.1. The van der Waals surface area contributed by atoms with Crippen LogP contribution in [0.25, 0.3) is 55.5 Å². The number of hydrogen-bond donors (Lipinski definition) is 0. The molecule has 0 saturated heterocycles. The van der Waals surface area contributed by atoms with Gasteiger partial charge in [-0.1, -0.05) is 77.9 Å². The summed E-state index contributed by atoms with van der Waals surface area (Å²) in [6.45, 7) is 12.9. The normalized spacial score (nSPS) is 12.6. The minimum Gasteiger partial charge on any atom is -0.437 e. The molecule has 0 atom stereocenters. The molecule has 0 fully saturated rings. The zero-order chi connectivity index (χ0) is 25.9. The fraction of sp³-hybridized carbons (Fsp3) is 0.250. The second-order valence-electron chi connectivity index (χ2n) is 11.7. The number of rotatable bonds is 2. The van der Waals surface area contributed by atoms with Gasteiger partial charge in [-0.3, -0.25) is 4.98 Å². The highest BCUT2D eigenvalue weighted by Gasteiger charge is 2.25. The molecule has 6 rings (SSSR count). The predicted molar refractivity (Wildman–Crippen MR) is 151 cm³/mol. The Bertz CT molecular complexity index is 1770. The largest absolute Gasteiger partial charge is 0.437 e. The van der Waals surface area contributed by atoms with E-state index in [0.717, 1.165) is 61.3 Å². The van der Waals surface area contributed by atoms with Crippen LogP contribution in [0.1, 0.15) is 53.1 Å². The van der Waals surface area contributed by atoms with Crippen molar-refractivity contribution in [2.24, 2.45) is 0 Å². The standard InChI is InChI=1S/C32H30N4O/c1-31(2,3)27-17-26(35-30(36-27)32(4,5)6)24-15-14-22-21-12-9-13-23(28(21)37-29(22)34-24)25-16-19-10-7-8-11-20(19)18-33-25/h7-18H,1-6H3. The lowest BCUT2D eigenvalue weighted by molar-refractivity contribution is 0.514. The number of aromatic nitrogens is 4. The molecule has 0 radical (unpaired) electrons. The molecular weight excluding hydrogens is 456 g/mol. The van der Waals surface area contributed by atoms with Crippen LogP contribution in [-0.2, 0) is 10.8 Å². The molecule has 0 aliphatic carbocycles. The quantitative estimate of drug-likeness (QED) is 0.246. The van der Waals surface area contributed by atoms with E-state index in [1.165, 1.54) is 0 Å². The average molecular weight is 487 g/mol. The molecule has 5 nitrogen and oxygen atoms in total. The van der Waals surface area contributed by atoms with E-state index in [1.54, 1.807) is 0 Å². The number of furan rings is 1. The summed E-state index contributed by atoms with van der Waals surface area (Å²) in [7, 11) is 0. The summed E-state index contributed by atoms with van der Waals surface area (Å²) in [5.74, 6) is 0.811. The van der Waals surface area contributed by atoms with E-state index in [9.17, 15) is 0 Å². The fourth-order valence-electron chi connectivity index (χ4n) is 4.55. The van der Waals surface area contributed by atoms with Gasteiger partial charge in [0.25, 0.3) is 0 Å². The van der Waals surface area contributed by atoms with E-state index >= 15 is 0 Å². The van der Waals surface area contributed by atoms with E-state index in [0.29, 0.717) is 5.71 Å². The molecule has 4 aromatic heterocycles. The number of hydrogen-bond acceptors (Lipinski definition) is 5. The Morgan fingerprint density at radius 2 is 1.41 bits per heavy atom. The molecule has 184 valence electrons. The van der Waals surface area contributed by atoms with Crippen LogP contribution in [0.4, 0.5) is 0 Å². The molecule has 5 heteroatoms. The monoisotopic (exact) mass is 486 g/mol. The van der Waals surface area contributed by atoms with Crippen LogP contribution in [-0.4, -0.2) is 19.9 Å². The van der Waals surface area contributed by atoms with E-state index in [2.05, 4.69) is 84.0 Å². The number of para-hydroxylation sites is 1. The van der Waals surface area contributed by atoms with Crippen LogP contribution >= 0.6 is 0 Å². The summed E-state index contributed by atoms with van der Waals surface area (Å²) in [5, 5.41) is 4.26. The molecule has 0 spiro atoms. The summed E-state index contributed by atoms with van der Waals surface area (Å²) < 4.78 is 6.41. The lowest BCUT2D eigenvalue weighted by Crippen LogP contribution is -2.22. The Morgan fingerprint density at radius 3 is 2.16 bits per heavy atom. The Balaban J connectivity index is 1.52. The molecule has 0 saturated carbocycles. The summed E-state index contributed by atoms with van der Waals surface area (Å²) >= 11 is 0. The molecule has 0 bridgehead atoms. The third kappa shape index (κ3) is 4.14.